The number of amides is 1. The molecule has 0 bridgehead atoms. The van der Waals surface area contributed by atoms with Crippen molar-refractivity contribution in [2.45, 2.75) is 51.1 Å². The molecule has 2 N–H and O–H groups in total. The molecule has 0 spiro atoms. The van der Waals surface area contributed by atoms with Crippen LogP contribution in [0, 0.1) is 5.92 Å². The molecule has 0 radical (unpaired) electrons. The van der Waals surface area contributed by atoms with Crippen LogP contribution in [0.15, 0.2) is 0 Å². The van der Waals surface area contributed by atoms with E-state index in [1.807, 2.05) is 0 Å². The van der Waals surface area contributed by atoms with Crippen LogP contribution >= 0.6 is 0 Å². The summed E-state index contributed by atoms with van der Waals surface area (Å²) in [5.74, 6) is 0.949. The molecule has 14 heavy (non-hydrogen) atoms. The maximum atomic E-state index is 11.5. The van der Waals surface area contributed by atoms with Gasteiger partial charge >= 0.3 is 0 Å². The molecular weight excluding hydrogens is 176 g/mol. The molecule has 2 aliphatic rings. The molecule has 0 aromatic rings. The van der Waals surface area contributed by atoms with Crippen LogP contribution in [0.25, 0.3) is 0 Å². The summed E-state index contributed by atoms with van der Waals surface area (Å²) in [6, 6.07) is 1.06. The largest absolute Gasteiger partial charge is 0.352 e. The second-order valence-electron chi connectivity index (χ2n) is 4.75. The van der Waals surface area contributed by atoms with Crippen LogP contribution in [0.4, 0.5) is 0 Å². The first kappa shape index (κ1) is 9.97. The van der Waals surface area contributed by atoms with E-state index in [2.05, 4.69) is 17.6 Å². The minimum Gasteiger partial charge on any atom is -0.352 e. The molecule has 2 unspecified atom stereocenters. The summed E-state index contributed by atoms with van der Waals surface area (Å²) in [5.41, 5.74) is 0. The highest BCUT2D eigenvalue weighted by Gasteiger charge is 2.32. The summed E-state index contributed by atoms with van der Waals surface area (Å²) in [6.07, 6.45) is 6.13. The first-order valence-electron chi connectivity index (χ1n) is 5.78. The zero-order chi connectivity index (χ0) is 9.97. The van der Waals surface area contributed by atoms with E-state index in [-0.39, 0.29) is 5.91 Å². The summed E-state index contributed by atoms with van der Waals surface area (Å²) < 4.78 is 0. The number of nitrogens with one attached hydrogen (secondary N) is 2. The van der Waals surface area contributed by atoms with Crippen molar-refractivity contribution in [1.82, 2.24) is 10.6 Å². The summed E-state index contributed by atoms with van der Waals surface area (Å²) in [5, 5.41) is 6.34. The minimum atomic E-state index is 0.177. The lowest BCUT2D eigenvalue weighted by molar-refractivity contribution is -0.120. The number of hydrogen-bond acceptors (Lipinski definition) is 2. The molecule has 1 amide bonds. The summed E-state index contributed by atoms with van der Waals surface area (Å²) in [7, 11) is 0. The highest BCUT2D eigenvalue weighted by Crippen LogP contribution is 2.28. The fourth-order valence-corrected chi connectivity index (χ4v) is 2.18. The Labute approximate surface area is 85.6 Å². The average Bonchev–Trinajstić information content (AvgIpc) is 2.65. The molecule has 0 aromatic heterocycles. The third-order valence-corrected chi connectivity index (χ3v) is 3.35. The second-order valence-corrected chi connectivity index (χ2v) is 4.75. The van der Waals surface area contributed by atoms with Crippen LogP contribution in [0.2, 0.25) is 0 Å². The molecule has 2 fully saturated rings. The molecule has 2 saturated carbocycles. The SMILES string of the molecule is CC1CC1NCC(=O)NC1CCCC1. The van der Waals surface area contributed by atoms with Gasteiger partial charge < -0.3 is 10.6 Å². The normalized spacial score (nSPS) is 31.8. The third-order valence-electron chi connectivity index (χ3n) is 3.35. The second kappa shape index (κ2) is 4.30. The quantitative estimate of drug-likeness (QED) is 0.705. The van der Waals surface area contributed by atoms with E-state index < -0.39 is 0 Å². The van der Waals surface area contributed by atoms with E-state index in [1.165, 1.54) is 32.1 Å². The van der Waals surface area contributed by atoms with Crippen molar-refractivity contribution in [3.8, 4) is 0 Å². The van der Waals surface area contributed by atoms with Gasteiger partial charge in [0.05, 0.1) is 6.54 Å². The Kier molecular flexibility index (Phi) is 3.06. The van der Waals surface area contributed by atoms with E-state index in [9.17, 15) is 4.79 Å². The van der Waals surface area contributed by atoms with E-state index in [1.54, 1.807) is 0 Å². The number of hydrogen-bond donors (Lipinski definition) is 2. The Morgan fingerprint density at radius 3 is 2.57 bits per heavy atom. The number of rotatable bonds is 4. The van der Waals surface area contributed by atoms with Crippen molar-refractivity contribution < 1.29 is 4.79 Å². The lowest BCUT2D eigenvalue weighted by Crippen LogP contribution is -2.39. The lowest BCUT2D eigenvalue weighted by atomic mass is 10.2. The van der Waals surface area contributed by atoms with Gasteiger partial charge in [0.25, 0.3) is 0 Å². The van der Waals surface area contributed by atoms with Crippen molar-refractivity contribution in [3.05, 3.63) is 0 Å². The zero-order valence-corrected chi connectivity index (χ0v) is 8.88. The van der Waals surface area contributed by atoms with Crippen molar-refractivity contribution in [1.29, 1.82) is 0 Å². The van der Waals surface area contributed by atoms with Gasteiger partial charge in [0.1, 0.15) is 0 Å². The molecule has 2 aliphatic carbocycles. The molecule has 3 heteroatoms. The van der Waals surface area contributed by atoms with Gasteiger partial charge in [-0.2, -0.15) is 0 Å². The van der Waals surface area contributed by atoms with Crippen molar-refractivity contribution in [2.24, 2.45) is 5.92 Å². The standard InChI is InChI=1S/C11H20N2O/c1-8-6-10(8)12-7-11(14)13-9-4-2-3-5-9/h8-10,12H,2-7H2,1H3,(H,13,14). The van der Waals surface area contributed by atoms with E-state index in [0.29, 0.717) is 18.6 Å². The van der Waals surface area contributed by atoms with Gasteiger partial charge in [0.2, 0.25) is 5.91 Å². The molecule has 80 valence electrons. The highest BCUT2D eigenvalue weighted by molar-refractivity contribution is 5.78. The van der Waals surface area contributed by atoms with Gasteiger partial charge in [-0.05, 0) is 25.2 Å². The molecule has 0 heterocycles. The molecule has 0 saturated heterocycles. The van der Waals surface area contributed by atoms with Gasteiger partial charge in [-0.3, -0.25) is 4.79 Å². The van der Waals surface area contributed by atoms with Gasteiger partial charge in [-0.25, -0.2) is 0 Å². The Morgan fingerprint density at radius 1 is 1.36 bits per heavy atom. The van der Waals surface area contributed by atoms with Gasteiger partial charge in [0.15, 0.2) is 0 Å². The van der Waals surface area contributed by atoms with Crippen LogP contribution in [0.3, 0.4) is 0 Å². The maximum absolute atomic E-state index is 11.5. The van der Waals surface area contributed by atoms with Crippen LogP contribution in [0.5, 0.6) is 0 Å². The average molecular weight is 196 g/mol. The molecular formula is C11H20N2O. The minimum absolute atomic E-state index is 0.177. The van der Waals surface area contributed by atoms with Crippen molar-refractivity contribution >= 4 is 5.91 Å². The van der Waals surface area contributed by atoms with Crippen LogP contribution in [-0.2, 0) is 4.79 Å². The Balaban J connectivity index is 1.58. The Morgan fingerprint density at radius 2 is 2.00 bits per heavy atom. The predicted molar refractivity (Wildman–Crippen MR) is 56.0 cm³/mol. The summed E-state index contributed by atoms with van der Waals surface area (Å²) in [4.78, 5) is 11.5. The van der Waals surface area contributed by atoms with Gasteiger partial charge in [0, 0.05) is 12.1 Å². The predicted octanol–water partition coefficient (Wildman–Crippen LogP) is 1.04. The maximum Gasteiger partial charge on any atom is 0.234 e. The lowest BCUT2D eigenvalue weighted by Gasteiger charge is -2.11. The fourth-order valence-electron chi connectivity index (χ4n) is 2.18. The first-order chi connectivity index (χ1) is 6.75. The van der Waals surface area contributed by atoms with E-state index >= 15 is 0 Å². The van der Waals surface area contributed by atoms with E-state index in [4.69, 9.17) is 0 Å². The smallest absolute Gasteiger partial charge is 0.234 e. The zero-order valence-electron chi connectivity index (χ0n) is 8.88. The molecule has 2 atom stereocenters. The van der Waals surface area contributed by atoms with E-state index in [0.717, 1.165) is 5.92 Å². The van der Waals surface area contributed by atoms with Crippen LogP contribution < -0.4 is 10.6 Å². The number of carbonyl (C=O) groups excluding carboxylic acids is 1. The van der Waals surface area contributed by atoms with Crippen molar-refractivity contribution in [3.63, 3.8) is 0 Å². The fraction of sp³-hybridized carbons (Fsp3) is 0.909. The van der Waals surface area contributed by atoms with Gasteiger partial charge in [-0.15, -0.1) is 0 Å². The third kappa shape index (κ3) is 2.71. The number of carbonyl (C=O) groups is 1. The first-order valence-corrected chi connectivity index (χ1v) is 5.78. The molecule has 3 nitrogen and oxygen atoms in total. The summed E-state index contributed by atoms with van der Waals surface area (Å²) >= 11 is 0. The summed E-state index contributed by atoms with van der Waals surface area (Å²) in [6.45, 7) is 2.72. The monoisotopic (exact) mass is 196 g/mol. The Hall–Kier alpha value is -0.570. The highest BCUT2D eigenvalue weighted by atomic mass is 16.2. The van der Waals surface area contributed by atoms with Crippen LogP contribution in [-0.4, -0.2) is 24.5 Å². The Bertz CT molecular complexity index is 211. The molecule has 0 aromatic carbocycles. The van der Waals surface area contributed by atoms with Gasteiger partial charge in [-0.1, -0.05) is 19.8 Å². The molecule has 2 rings (SSSR count). The topological polar surface area (TPSA) is 41.1 Å². The van der Waals surface area contributed by atoms with Crippen molar-refractivity contribution in [2.75, 3.05) is 6.54 Å². The molecule has 0 aliphatic heterocycles. The van der Waals surface area contributed by atoms with Crippen LogP contribution in [0.1, 0.15) is 39.0 Å².